The zero-order chi connectivity index (χ0) is 18.8. The number of carbonyl (C=O) groups is 2. The van der Waals surface area contributed by atoms with Crippen LogP contribution in [0.15, 0.2) is 36.5 Å². The molecule has 3 rings (SSSR count). The van der Waals surface area contributed by atoms with Crippen molar-refractivity contribution in [2.24, 2.45) is 0 Å². The summed E-state index contributed by atoms with van der Waals surface area (Å²) in [6.07, 6.45) is 1.32. The fraction of sp³-hybridized carbons (Fsp3) is 0.118. The number of aliphatic carboxylic acids is 1. The third kappa shape index (κ3) is 3.31. The van der Waals surface area contributed by atoms with Crippen LogP contribution < -0.4 is 5.32 Å². The quantitative estimate of drug-likeness (QED) is 0.617. The maximum absolute atomic E-state index is 12.1. The molecule has 0 fully saturated rings. The summed E-state index contributed by atoms with van der Waals surface area (Å²) in [6, 6.07) is 9.37. The first-order chi connectivity index (χ1) is 12.4. The van der Waals surface area contributed by atoms with E-state index in [1.54, 1.807) is 4.57 Å². The lowest BCUT2D eigenvalue weighted by Gasteiger charge is -2.10. The van der Waals surface area contributed by atoms with Gasteiger partial charge in [0.2, 0.25) is 0 Å². The summed E-state index contributed by atoms with van der Waals surface area (Å²) in [5.41, 5.74) is 0.856. The van der Waals surface area contributed by atoms with Crippen LogP contribution in [0.3, 0.4) is 0 Å². The Kier molecular flexibility index (Phi) is 5.01. The Labute approximate surface area is 157 Å². The molecule has 0 aliphatic carbocycles. The Morgan fingerprint density at radius 1 is 1.19 bits per heavy atom. The van der Waals surface area contributed by atoms with Gasteiger partial charge in [-0.25, -0.2) is 4.98 Å². The number of nitrogens with one attached hydrogen (secondary N) is 1. The van der Waals surface area contributed by atoms with E-state index in [-0.39, 0.29) is 21.4 Å². The van der Waals surface area contributed by atoms with E-state index in [2.05, 4.69) is 10.3 Å². The van der Waals surface area contributed by atoms with Gasteiger partial charge in [-0.15, -0.1) is 0 Å². The summed E-state index contributed by atoms with van der Waals surface area (Å²) in [5, 5.41) is 22.2. The number of hydrogen-bond donors (Lipinski definition) is 3. The van der Waals surface area contributed by atoms with Crippen molar-refractivity contribution < 1.29 is 19.8 Å². The first-order valence-corrected chi connectivity index (χ1v) is 8.24. The number of rotatable bonds is 5. The van der Waals surface area contributed by atoms with Crippen LogP contribution in [0, 0.1) is 0 Å². The lowest BCUT2D eigenvalue weighted by molar-refractivity contribution is -0.135. The van der Waals surface area contributed by atoms with Crippen molar-refractivity contribution in [3.8, 4) is 5.75 Å². The van der Waals surface area contributed by atoms with E-state index in [4.69, 9.17) is 28.3 Å². The number of carboxylic acids is 1. The summed E-state index contributed by atoms with van der Waals surface area (Å²) >= 11 is 12.5. The molecule has 1 aromatic carbocycles. The van der Waals surface area contributed by atoms with Crippen molar-refractivity contribution in [2.45, 2.75) is 6.54 Å². The second-order valence-electron chi connectivity index (χ2n) is 5.47. The van der Waals surface area contributed by atoms with Crippen LogP contribution in [0.5, 0.6) is 5.75 Å². The molecule has 7 nitrogen and oxygen atoms in total. The number of carbonyl (C=O) groups excluding carboxylic acids is 1. The van der Waals surface area contributed by atoms with Gasteiger partial charge < -0.3 is 20.1 Å². The molecule has 0 saturated carbocycles. The summed E-state index contributed by atoms with van der Waals surface area (Å²) in [7, 11) is 0. The fourth-order valence-electron chi connectivity index (χ4n) is 2.57. The minimum Gasteiger partial charge on any atom is -0.504 e. The van der Waals surface area contributed by atoms with Gasteiger partial charge in [-0.2, -0.15) is 0 Å². The van der Waals surface area contributed by atoms with Crippen molar-refractivity contribution in [3.05, 3.63) is 58.0 Å². The minimum atomic E-state index is -1.21. The Bertz CT molecular complexity index is 1000. The van der Waals surface area contributed by atoms with E-state index < -0.39 is 24.2 Å². The van der Waals surface area contributed by atoms with Gasteiger partial charge in [0.25, 0.3) is 5.91 Å². The number of benzene rings is 1. The number of carboxylic acid groups (broad SMARTS) is 1. The number of fused-ring (bicyclic) bond motifs is 1. The molecule has 0 aliphatic heterocycles. The van der Waals surface area contributed by atoms with Crippen LogP contribution in [-0.2, 0) is 11.3 Å². The molecule has 1 amide bonds. The first-order valence-electron chi connectivity index (χ1n) is 7.49. The van der Waals surface area contributed by atoms with Crippen molar-refractivity contribution in [1.82, 2.24) is 14.9 Å². The smallest absolute Gasteiger partial charge is 0.322 e. The minimum absolute atomic E-state index is 0.200. The fourth-order valence-corrected chi connectivity index (χ4v) is 3.06. The molecule has 0 atom stereocenters. The van der Waals surface area contributed by atoms with Crippen molar-refractivity contribution in [3.63, 3.8) is 0 Å². The monoisotopic (exact) mass is 393 g/mol. The summed E-state index contributed by atoms with van der Waals surface area (Å²) in [6.45, 7) is -0.277. The molecule has 26 heavy (non-hydrogen) atoms. The van der Waals surface area contributed by atoms with Gasteiger partial charge in [0.15, 0.2) is 11.4 Å². The van der Waals surface area contributed by atoms with E-state index in [1.165, 1.54) is 6.20 Å². The lowest BCUT2D eigenvalue weighted by Crippen LogP contribution is -2.30. The predicted octanol–water partition coefficient (Wildman–Crippen LogP) is 2.91. The second-order valence-corrected chi connectivity index (χ2v) is 6.21. The van der Waals surface area contributed by atoms with Crippen LogP contribution in [-0.4, -0.2) is 38.2 Å². The van der Waals surface area contributed by atoms with Crippen molar-refractivity contribution in [1.29, 1.82) is 0 Å². The van der Waals surface area contributed by atoms with Crippen molar-refractivity contribution in [2.75, 3.05) is 6.54 Å². The molecule has 2 aromatic heterocycles. The van der Waals surface area contributed by atoms with Gasteiger partial charge in [-0.05, 0) is 5.56 Å². The first kappa shape index (κ1) is 18.0. The Morgan fingerprint density at radius 2 is 1.88 bits per heavy atom. The highest BCUT2D eigenvalue weighted by Gasteiger charge is 2.23. The maximum atomic E-state index is 12.1. The molecule has 9 heteroatoms. The summed E-state index contributed by atoms with van der Waals surface area (Å²) in [5.74, 6) is -2.45. The van der Waals surface area contributed by atoms with Gasteiger partial charge in [0, 0.05) is 18.1 Å². The van der Waals surface area contributed by atoms with Crippen LogP contribution in [0.2, 0.25) is 10.2 Å². The Morgan fingerprint density at radius 3 is 2.54 bits per heavy atom. The summed E-state index contributed by atoms with van der Waals surface area (Å²) in [4.78, 5) is 26.6. The highest BCUT2D eigenvalue weighted by molar-refractivity contribution is 6.45. The SMILES string of the molecule is O=C(O)CNC(=O)c1ncc2c(Cl)c(Cl)n(Cc3ccccc3)c2c1O. The standard InChI is InChI=1S/C17H13Cl2N3O4/c18-12-10-6-20-13(17(26)21-7-11(23)24)15(25)14(10)22(16(12)19)8-9-4-2-1-3-5-9/h1-6,25H,7-8H2,(H,21,26)(H,23,24). The van der Waals surface area contributed by atoms with Gasteiger partial charge in [-0.1, -0.05) is 53.5 Å². The highest BCUT2D eigenvalue weighted by atomic mass is 35.5. The van der Waals surface area contributed by atoms with E-state index in [9.17, 15) is 14.7 Å². The van der Waals surface area contributed by atoms with Crippen LogP contribution in [0.1, 0.15) is 16.1 Å². The molecule has 0 bridgehead atoms. The maximum Gasteiger partial charge on any atom is 0.322 e. The number of aromatic nitrogens is 2. The van der Waals surface area contributed by atoms with Gasteiger partial charge in [0.1, 0.15) is 11.7 Å². The van der Waals surface area contributed by atoms with Crippen LogP contribution in [0.4, 0.5) is 0 Å². The molecule has 0 saturated heterocycles. The molecule has 3 N–H and O–H groups in total. The molecular formula is C17H13Cl2N3O4. The molecule has 0 unspecified atom stereocenters. The normalized spacial score (nSPS) is 10.8. The Hall–Kier alpha value is -2.77. The lowest BCUT2D eigenvalue weighted by atomic mass is 10.2. The van der Waals surface area contributed by atoms with Gasteiger partial charge >= 0.3 is 5.97 Å². The number of halogens is 2. The zero-order valence-electron chi connectivity index (χ0n) is 13.2. The second kappa shape index (κ2) is 7.23. The topological polar surface area (TPSA) is 104 Å². The van der Waals surface area contributed by atoms with Gasteiger partial charge in [-0.3, -0.25) is 9.59 Å². The Balaban J connectivity index is 2.10. The number of hydrogen-bond acceptors (Lipinski definition) is 4. The number of nitrogens with zero attached hydrogens (tertiary/aromatic N) is 2. The zero-order valence-corrected chi connectivity index (χ0v) is 14.8. The van der Waals surface area contributed by atoms with E-state index >= 15 is 0 Å². The molecule has 2 heterocycles. The molecular weight excluding hydrogens is 381 g/mol. The van der Waals surface area contributed by atoms with Gasteiger partial charge in [0.05, 0.1) is 10.5 Å². The van der Waals surface area contributed by atoms with Crippen LogP contribution >= 0.6 is 23.2 Å². The van der Waals surface area contributed by atoms with E-state index in [0.29, 0.717) is 11.9 Å². The largest absolute Gasteiger partial charge is 0.504 e. The molecule has 0 radical (unpaired) electrons. The average molecular weight is 394 g/mol. The third-order valence-corrected chi connectivity index (χ3v) is 4.62. The number of pyridine rings is 1. The number of aromatic hydroxyl groups is 1. The molecule has 3 aromatic rings. The van der Waals surface area contributed by atoms with E-state index in [1.807, 2.05) is 30.3 Å². The number of amides is 1. The van der Waals surface area contributed by atoms with E-state index in [0.717, 1.165) is 5.56 Å². The average Bonchev–Trinajstić information content (AvgIpc) is 2.86. The molecule has 0 aliphatic rings. The molecule has 134 valence electrons. The molecule has 0 spiro atoms. The van der Waals surface area contributed by atoms with Crippen molar-refractivity contribution >= 4 is 46.0 Å². The third-order valence-electron chi connectivity index (χ3n) is 3.75. The summed E-state index contributed by atoms with van der Waals surface area (Å²) < 4.78 is 1.57. The van der Waals surface area contributed by atoms with Crippen LogP contribution in [0.25, 0.3) is 10.9 Å². The highest BCUT2D eigenvalue weighted by Crippen LogP contribution is 2.39. The predicted molar refractivity (Wildman–Crippen MR) is 96.9 cm³/mol.